The third-order valence-corrected chi connectivity index (χ3v) is 11.4. The van der Waals surface area contributed by atoms with Crippen molar-refractivity contribution in [1.82, 2.24) is 4.90 Å². The van der Waals surface area contributed by atoms with Crippen molar-refractivity contribution in [2.45, 2.75) is 193 Å². The van der Waals surface area contributed by atoms with Crippen molar-refractivity contribution < 1.29 is 76.8 Å². The van der Waals surface area contributed by atoms with Gasteiger partial charge in [-0.3, -0.25) is 19.2 Å². The summed E-state index contributed by atoms with van der Waals surface area (Å²) in [4.78, 5) is 66.1. The zero-order valence-electron chi connectivity index (χ0n) is 38.6. The highest BCUT2D eigenvalue weighted by Crippen LogP contribution is 2.38. The topological polar surface area (TPSA) is 212 Å². The molecule has 2 fully saturated rings. The van der Waals surface area contributed by atoms with Crippen molar-refractivity contribution >= 4 is 30.2 Å². The maximum Gasteiger partial charge on any atom is 0.309 e. The first kappa shape index (κ1) is 53.1. The standard InChI is InChI=1S/C45H73NO16/c1-13-34(50)59-42-38(46(10)11)39(61-37-24-45(9,53)43(29(7)56-37)60-35(51)21-25(2)3)28(6)57-44(42)62-40-31(19-20-47)22-26(4)32(49)18-16-14-15-17-27(5)55-36(52)23-33(41(40)54-12)58-30(8)48/h14-16,18,20,25-29,31-33,37-44,49,53H,13,17,19,21-24H2,1-12H3/b15-14+,18-16+/t26-,27-,28-,29+,31+,32+,33-,37+,38+,39-,40+,41+,42-,43+,44+,45-/m1/s1. The number of likely N-dealkylation sites (N-methyl/N-ethyl adjacent to an activating group) is 1. The zero-order valence-corrected chi connectivity index (χ0v) is 38.6. The van der Waals surface area contributed by atoms with Crippen LogP contribution in [0.25, 0.3) is 0 Å². The van der Waals surface area contributed by atoms with Crippen LogP contribution in [0.1, 0.15) is 107 Å². The van der Waals surface area contributed by atoms with Crippen LogP contribution in [0.5, 0.6) is 0 Å². The molecule has 0 spiro atoms. The molecular formula is C45H73NO16. The van der Waals surface area contributed by atoms with Crippen LogP contribution < -0.4 is 0 Å². The smallest absolute Gasteiger partial charge is 0.309 e. The van der Waals surface area contributed by atoms with E-state index in [1.807, 2.05) is 20.8 Å². The van der Waals surface area contributed by atoms with E-state index in [1.165, 1.54) is 14.0 Å². The second-order valence-electron chi connectivity index (χ2n) is 17.8. The van der Waals surface area contributed by atoms with E-state index in [1.54, 1.807) is 77.9 Å². The molecule has 2 N–H and O–H groups in total. The van der Waals surface area contributed by atoms with Gasteiger partial charge in [-0.15, -0.1) is 0 Å². The number of cyclic esters (lactones) is 1. The number of methoxy groups -OCH3 is 1. The number of hydrogen-bond acceptors (Lipinski definition) is 17. The van der Waals surface area contributed by atoms with Crippen LogP contribution in [0, 0.1) is 17.8 Å². The van der Waals surface area contributed by atoms with Gasteiger partial charge >= 0.3 is 23.9 Å². The number of nitrogens with zero attached hydrogens (tertiary/aromatic N) is 1. The number of carbonyl (C=O) groups is 5. The van der Waals surface area contributed by atoms with Crippen molar-refractivity contribution in [1.29, 1.82) is 0 Å². The number of aliphatic hydroxyl groups excluding tert-OH is 1. The molecule has 0 saturated carbocycles. The SMILES string of the molecule is CCC(=O)O[C@H]1[C@H](O[C@H]2[C@@H](CC=O)C[C@@H](C)[C@@H](O)/C=C/C=C/C[C@@H](C)OC(=O)C[C@@H](OC(C)=O)[C@@H]2OC)O[C@H](C)[C@@H](O[C@H]2C[C@@](C)(O)[C@@H](OC(=O)CC(C)C)[C@H](C)O2)[C@@H]1N(C)C. The summed E-state index contributed by atoms with van der Waals surface area (Å²) in [5.74, 6) is -3.52. The molecule has 3 aliphatic rings. The molecule has 0 bridgehead atoms. The summed E-state index contributed by atoms with van der Waals surface area (Å²) >= 11 is 0. The van der Waals surface area contributed by atoms with Crippen LogP contribution in [-0.2, 0) is 66.6 Å². The second kappa shape index (κ2) is 24.7. The van der Waals surface area contributed by atoms with Crippen LogP contribution >= 0.6 is 0 Å². The van der Waals surface area contributed by atoms with Gasteiger partial charge in [-0.25, -0.2) is 0 Å². The minimum absolute atomic E-state index is 0.00145. The molecule has 17 heteroatoms. The van der Waals surface area contributed by atoms with Gasteiger partial charge in [0.1, 0.15) is 36.3 Å². The predicted molar refractivity (Wildman–Crippen MR) is 224 cm³/mol. The highest BCUT2D eigenvalue weighted by molar-refractivity contribution is 5.72. The summed E-state index contributed by atoms with van der Waals surface area (Å²) in [5, 5.41) is 22.8. The van der Waals surface area contributed by atoms with Gasteiger partial charge in [0.25, 0.3) is 0 Å². The van der Waals surface area contributed by atoms with Crippen molar-refractivity contribution in [2.75, 3.05) is 21.2 Å². The van der Waals surface area contributed by atoms with Crippen molar-refractivity contribution in [3.05, 3.63) is 24.3 Å². The summed E-state index contributed by atoms with van der Waals surface area (Å²) in [6.07, 6.45) is -4.36. The van der Waals surface area contributed by atoms with E-state index in [0.29, 0.717) is 12.7 Å². The maximum atomic E-state index is 13.4. The molecule has 3 heterocycles. The van der Waals surface area contributed by atoms with Crippen molar-refractivity contribution in [2.24, 2.45) is 17.8 Å². The molecule has 0 amide bonds. The Labute approximate surface area is 367 Å². The molecule has 0 aliphatic carbocycles. The lowest BCUT2D eigenvalue weighted by Gasteiger charge is -2.51. The quantitative estimate of drug-likeness (QED) is 0.144. The summed E-state index contributed by atoms with van der Waals surface area (Å²) in [6, 6.07) is -0.777. The van der Waals surface area contributed by atoms with E-state index in [9.17, 15) is 34.2 Å². The molecule has 0 aromatic heterocycles. The van der Waals surface area contributed by atoms with Crippen molar-refractivity contribution in [3.8, 4) is 0 Å². The van der Waals surface area contributed by atoms with E-state index in [0.717, 1.165) is 0 Å². The Morgan fingerprint density at radius 3 is 2.24 bits per heavy atom. The van der Waals surface area contributed by atoms with Gasteiger partial charge in [0, 0.05) is 46.1 Å². The second-order valence-corrected chi connectivity index (χ2v) is 17.8. The van der Waals surface area contributed by atoms with E-state index in [2.05, 4.69) is 0 Å². The Kier molecular flexibility index (Phi) is 21.1. The van der Waals surface area contributed by atoms with Crippen LogP contribution in [-0.4, -0.2) is 152 Å². The Balaban J connectivity index is 2.10. The number of carbonyl (C=O) groups excluding carboxylic acids is 5. The Hall–Kier alpha value is -3.29. The first-order valence-electron chi connectivity index (χ1n) is 21.9. The van der Waals surface area contributed by atoms with Gasteiger partial charge < -0.3 is 62.5 Å². The zero-order chi connectivity index (χ0) is 46.5. The molecule has 16 atom stereocenters. The summed E-state index contributed by atoms with van der Waals surface area (Å²) < 4.78 is 55.5. The first-order valence-corrected chi connectivity index (χ1v) is 21.9. The number of rotatable bonds is 14. The molecule has 0 unspecified atom stereocenters. The molecule has 62 heavy (non-hydrogen) atoms. The van der Waals surface area contributed by atoms with Gasteiger partial charge in [0.05, 0.1) is 36.9 Å². The number of aliphatic hydroxyl groups is 2. The first-order chi connectivity index (χ1) is 29.1. The molecule has 2 saturated heterocycles. The number of ether oxygens (including phenoxy) is 9. The van der Waals surface area contributed by atoms with Gasteiger partial charge in [-0.1, -0.05) is 52.0 Å². The lowest BCUT2D eigenvalue weighted by Crippen LogP contribution is -2.66. The van der Waals surface area contributed by atoms with Crippen LogP contribution in [0.15, 0.2) is 24.3 Å². The third-order valence-electron chi connectivity index (χ3n) is 11.4. The summed E-state index contributed by atoms with van der Waals surface area (Å²) in [7, 11) is 4.89. The van der Waals surface area contributed by atoms with Gasteiger partial charge in [-0.05, 0) is 66.0 Å². The molecule has 0 aromatic carbocycles. The molecule has 17 nitrogen and oxygen atoms in total. The monoisotopic (exact) mass is 883 g/mol. The summed E-state index contributed by atoms with van der Waals surface area (Å²) in [6.45, 7) is 15.1. The molecule has 0 radical (unpaired) electrons. The molecule has 3 aliphatic heterocycles. The lowest BCUT2D eigenvalue weighted by molar-refractivity contribution is -0.345. The number of esters is 4. The average molecular weight is 884 g/mol. The van der Waals surface area contributed by atoms with Crippen LogP contribution in [0.4, 0.5) is 0 Å². The number of aldehydes is 1. The highest BCUT2D eigenvalue weighted by atomic mass is 16.7. The van der Waals surface area contributed by atoms with Gasteiger partial charge in [-0.2, -0.15) is 0 Å². The van der Waals surface area contributed by atoms with E-state index in [-0.39, 0.29) is 38.0 Å². The predicted octanol–water partition coefficient (Wildman–Crippen LogP) is 3.97. The van der Waals surface area contributed by atoms with Crippen molar-refractivity contribution in [3.63, 3.8) is 0 Å². The fourth-order valence-electron chi connectivity index (χ4n) is 8.41. The minimum atomic E-state index is -1.53. The van der Waals surface area contributed by atoms with E-state index < -0.39 is 127 Å². The Bertz CT molecular complexity index is 1520. The van der Waals surface area contributed by atoms with Gasteiger partial charge in [0.15, 0.2) is 24.8 Å². The largest absolute Gasteiger partial charge is 0.462 e. The third kappa shape index (κ3) is 15.5. The average Bonchev–Trinajstić information content (AvgIpc) is 3.15. The fraction of sp³-hybridized carbons (Fsp3) is 0.800. The molecule has 0 aromatic rings. The minimum Gasteiger partial charge on any atom is -0.462 e. The molecule has 3 rings (SSSR count). The molecular weight excluding hydrogens is 810 g/mol. The fourth-order valence-corrected chi connectivity index (χ4v) is 8.41. The van der Waals surface area contributed by atoms with Gasteiger partial charge in [0.2, 0.25) is 0 Å². The summed E-state index contributed by atoms with van der Waals surface area (Å²) in [5.41, 5.74) is -1.53. The Morgan fingerprint density at radius 2 is 1.66 bits per heavy atom. The highest BCUT2D eigenvalue weighted by Gasteiger charge is 2.54. The normalized spacial score (nSPS) is 38.7. The molecule has 354 valence electrons. The number of allylic oxidation sites excluding steroid dienone is 2. The van der Waals surface area contributed by atoms with Crippen LogP contribution in [0.2, 0.25) is 0 Å². The van der Waals surface area contributed by atoms with E-state index in [4.69, 9.17) is 42.6 Å². The number of hydrogen-bond donors (Lipinski definition) is 2. The Morgan fingerprint density at radius 1 is 0.968 bits per heavy atom. The van der Waals surface area contributed by atoms with Crippen LogP contribution in [0.3, 0.4) is 0 Å². The maximum absolute atomic E-state index is 13.4. The lowest BCUT2D eigenvalue weighted by atomic mass is 9.82. The van der Waals surface area contributed by atoms with E-state index >= 15 is 0 Å².